The molecule has 0 aromatic heterocycles. The summed E-state index contributed by atoms with van der Waals surface area (Å²) < 4.78 is 6.31. The molecule has 5 rings (SSSR count). The number of nitrogens with zero attached hydrogens (tertiary/aromatic N) is 1. The molecule has 2 aromatic carbocycles. The fraction of sp³-hybridized carbons (Fsp3) is 0.400. The molecular formula is C20H24N2O. The maximum Gasteiger partial charge on any atom is 0.119 e. The second kappa shape index (κ2) is 6.25. The summed E-state index contributed by atoms with van der Waals surface area (Å²) in [7, 11) is 0. The fourth-order valence-corrected chi connectivity index (χ4v) is 4.09. The molecule has 23 heavy (non-hydrogen) atoms. The number of piperidine rings is 2. The first-order chi connectivity index (χ1) is 11.3. The van der Waals surface area contributed by atoms with Crippen LogP contribution in [0.5, 0.6) is 5.75 Å². The molecule has 3 heteroatoms. The largest absolute Gasteiger partial charge is 0.489 e. The minimum absolute atomic E-state index is 0.301. The summed E-state index contributed by atoms with van der Waals surface area (Å²) in [4.78, 5) is 2.62. The minimum Gasteiger partial charge on any atom is -0.489 e. The second-order valence-electron chi connectivity index (χ2n) is 6.89. The van der Waals surface area contributed by atoms with E-state index >= 15 is 0 Å². The second-order valence-corrected chi connectivity index (χ2v) is 6.89. The molecule has 0 spiro atoms. The first-order valence-corrected chi connectivity index (χ1v) is 8.58. The van der Waals surface area contributed by atoms with Gasteiger partial charge in [-0.2, -0.15) is 0 Å². The highest BCUT2D eigenvalue weighted by Gasteiger charge is 2.41. The molecule has 3 fully saturated rings. The average Bonchev–Trinajstić information content (AvgIpc) is 2.58. The Morgan fingerprint density at radius 2 is 1.78 bits per heavy atom. The number of benzene rings is 2. The van der Waals surface area contributed by atoms with Gasteiger partial charge in [0, 0.05) is 24.8 Å². The van der Waals surface area contributed by atoms with Gasteiger partial charge in [-0.1, -0.05) is 30.3 Å². The normalized spacial score (nSPS) is 27.0. The SMILES string of the molecule is Nc1ccc(O[C@H]2CC3CCC2N(Cc2ccccc2)C3)cc1. The van der Waals surface area contributed by atoms with Crippen molar-refractivity contribution >= 4 is 5.69 Å². The maximum absolute atomic E-state index is 6.31. The van der Waals surface area contributed by atoms with E-state index in [0.29, 0.717) is 12.1 Å². The monoisotopic (exact) mass is 308 g/mol. The quantitative estimate of drug-likeness (QED) is 0.875. The van der Waals surface area contributed by atoms with Crippen molar-refractivity contribution in [2.24, 2.45) is 5.92 Å². The third-order valence-corrected chi connectivity index (χ3v) is 5.22. The van der Waals surface area contributed by atoms with Crippen LogP contribution in [0, 0.1) is 5.92 Å². The van der Waals surface area contributed by atoms with Crippen LogP contribution in [0.3, 0.4) is 0 Å². The van der Waals surface area contributed by atoms with Gasteiger partial charge < -0.3 is 10.5 Å². The van der Waals surface area contributed by atoms with Gasteiger partial charge in [0.2, 0.25) is 0 Å². The van der Waals surface area contributed by atoms with E-state index in [0.717, 1.165) is 23.9 Å². The summed E-state index contributed by atoms with van der Waals surface area (Å²) in [6, 6.07) is 19.1. The van der Waals surface area contributed by atoms with Crippen molar-refractivity contribution in [2.75, 3.05) is 12.3 Å². The van der Waals surface area contributed by atoms with Crippen LogP contribution in [0.2, 0.25) is 0 Å². The number of fused-ring (bicyclic) bond motifs is 3. The zero-order valence-corrected chi connectivity index (χ0v) is 13.4. The Morgan fingerprint density at radius 3 is 2.52 bits per heavy atom. The van der Waals surface area contributed by atoms with Gasteiger partial charge in [0.05, 0.1) is 0 Å². The van der Waals surface area contributed by atoms with Gasteiger partial charge in [-0.3, -0.25) is 4.90 Å². The molecule has 0 amide bonds. The van der Waals surface area contributed by atoms with Crippen molar-refractivity contribution in [1.29, 1.82) is 0 Å². The lowest BCUT2D eigenvalue weighted by molar-refractivity contribution is -0.0460. The number of rotatable bonds is 4. The van der Waals surface area contributed by atoms with Crippen LogP contribution >= 0.6 is 0 Å². The summed E-state index contributed by atoms with van der Waals surface area (Å²) >= 11 is 0. The van der Waals surface area contributed by atoms with E-state index in [2.05, 4.69) is 35.2 Å². The molecule has 2 aromatic rings. The van der Waals surface area contributed by atoms with E-state index in [9.17, 15) is 0 Å². The lowest BCUT2D eigenvalue weighted by Gasteiger charge is -2.49. The van der Waals surface area contributed by atoms with Crippen molar-refractivity contribution in [3.05, 3.63) is 60.2 Å². The number of hydrogen-bond donors (Lipinski definition) is 1. The zero-order valence-electron chi connectivity index (χ0n) is 13.4. The number of ether oxygens (including phenoxy) is 1. The molecule has 1 aliphatic carbocycles. The summed E-state index contributed by atoms with van der Waals surface area (Å²) in [5.41, 5.74) is 7.94. The summed E-state index contributed by atoms with van der Waals surface area (Å²) in [5, 5.41) is 0. The lowest BCUT2D eigenvalue weighted by atomic mass is 9.77. The van der Waals surface area contributed by atoms with E-state index in [-0.39, 0.29) is 0 Å². The Hall–Kier alpha value is -2.00. The topological polar surface area (TPSA) is 38.5 Å². The van der Waals surface area contributed by atoms with E-state index in [4.69, 9.17) is 10.5 Å². The Morgan fingerprint density at radius 1 is 1.00 bits per heavy atom. The molecule has 3 atom stereocenters. The molecular weight excluding hydrogens is 284 g/mol. The van der Waals surface area contributed by atoms with Gasteiger partial charge in [0.15, 0.2) is 0 Å². The summed E-state index contributed by atoms with van der Waals surface area (Å²) in [5.74, 6) is 1.71. The van der Waals surface area contributed by atoms with E-state index < -0.39 is 0 Å². The highest BCUT2D eigenvalue weighted by molar-refractivity contribution is 5.41. The van der Waals surface area contributed by atoms with E-state index in [1.54, 1.807) is 0 Å². The van der Waals surface area contributed by atoms with Gasteiger partial charge in [0.25, 0.3) is 0 Å². The smallest absolute Gasteiger partial charge is 0.119 e. The molecule has 2 heterocycles. The zero-order chi connectivity index (χ0) is 15.6. The van der Waals surface area contributed by atoms with Crippen LogP contribution < -0.4 is 10.5 Å². The maximum atomic E-state index is 6.31. The van der Waals surface area contributed by atoms with Crippen LogP contribution in [0.1, 0.15) is 24.8 Å². The van der Waals surface area contributed by atoms with Crippen molar-refractivity contribution in [1.82, 2.24) is 4.90 Å². The third kappa shape index (κ3) is 3.20. The first kappa shape index (κ1) is 14.6. The van der Waals surface area contributed by atoms with Crippen LogP contribution in [0.15, 0.2) is 54.6 Å². The summed E-state index contributed by atoms with van der Waals surface area (Å²) in [6.07, 6.45) is 4.07. The molecule has 2 aliphatic heterocycles. The van der Waals surface area contributed by atoms with Gasteiger partial charge >= 0.3 is 0 Å². The minimum atomic E-state index is 0.301. The lowest BCUT2D eigenvalue weighted by Crippen LogP contribution is -2.56. The highest BCUT2D eigenvalue weighted by Crippen LogP contribution is 2.38. The van der Waals surface area contributed by atoms with Gasteiger partial charge in [-0.25, -0.2) is 0 Å². The number of hydrogen-bond acceptors (Lipinski definition) is 3. The molecule has 2 bridgehead atoms. The first-order valence-electron chi connectivity index (χ1n) is 8.58. The molecule has 120 valence electrons. The Labute approximate surface area is 138 Å². The molecule has 3 nitrogen and oxygen atoms in total. The van der Waals surface area contributed by atoms with Crippen molar-refractivity contribution in [2.45, 2.75) is 38.0 Å². The fourth-order valence-electron chi connectivity index (χ4n) is 4.09. The molecule has 0 radical (unpaired) electrons. The molecule has 2 N–H and O–H groups in total. The van der Waals surface area contributed by atoms with Gasteiger partial charge in [0.1, 0.15) is 11.9 Å². The van der Waals surface area contributed by atoms with Crippen LogP contribution in [-0.4, -0.2) is 23.6 Å². The van der Waals surface area contributed by atoms with Gasteiger partial charge in [-0.05, 0) is 55.0 Å². The Bertz CT molecular complexity index is 640. The molecule has 2 saturated heterocycles. The standard InChI is InChI=1S/C20H24N2O/c21-17-7-9-18(10-8-17)23-20-12-16-6-11-19(20)22(14-16)13-15-4-2-1-3-5-15/h1-5,7-10,16,19-20H,6,11-14,21H2/t16?,19?,20-/m0/s1. The van der Waals surface area contributed by atoms with E-state index in [1.165, 1.54) is 31.4 Å². The Kier molecular flexibility index (Phi) is 3.96. The highest BCUT2D eigenvalue weighted by atomic mass is 16.5. The van der Waals surface area contributed by atoms with E-state index in [1.807, 2.05) is 24.3 Å². The van der Waals surface area contributed by atoms with Crippen molar-refractivity contribution in [3.63, 3.8) is 0 Å². The number of nitrogen functional groups attached to an aromatic ring is 1. The molecule has 2 unspecified atom stereocenters. The number of anilines is 1. The predicted octanol–water partition coefficient (Wildman–Crippen LogP) is 3.70. The van der Waals surface area contributed by atoms with Crippen molar-refractivity contribution in [3.8, 4) is 5.75 Å². The predicted molar refractivity (Wildman–Crippen MR) is 93.3 cm³/mol. The van der Waals surface area contributed by atoms with Crippen molar-refractivity contribution < 1.29 is 4.74 Å². The van der Waals surface area contributed by atoms with Crippen LogP contribution in [0.4, 0.5) is 5.69 Å². The van der Waals surface area contributed by atoms with Crippen LogP contribution in [-0.2, 0) is 6.54 Å². The number of nitrogens with two attached hydrogens (primary N) is 1. The average molecular weight is 308 g/mol. The molecule has 1 saturated carbocycles. The third-order valence-electron chi connectivity index (χ3n) is 5.22. The summed E-state index contributed by atoms with van der Waals surface area (Å²) in [6.45, 7) is 2.24. The molecule has 3 aliphatic rings. The van der Waals surface area contributed by atoms with Gasteiger partial charge in [-0.15, -0.1) is 0 Å². The van der Waals surface area contributed by atoms with Crippen LogP contribution in [0.25, 0.3) is 0 Å². The Balaban J connectivity index is 1.47.